The molecule has 0 amide bonds. The van der Waals surface area contributed by atoms with Gasteiger partial charge in [0, 0.05) is 0 Å². The van der Waals surface area contributed by atoms with Crippen LogP contribution in [0, 0.1) is 0 Å². The standard InChI is InChI=1S/C21H26/c1-3-5-8-20-9-6-10-21(17-20)16-15-19-13-11-18(7-4-2)12-14-19/h5-6,8-14,17H,3-4,7,15-16H2,1-2H3/b8-5+. The SMILES string of the molecule is CC/C=C/c1cccc(CCc2ccc(CCC)cc2)c1. The highest BCUT2D eigenvalue weighted by molar-refractivity contribution is 5.50. The summed E-state index contributed by atoms with van der Waals surface area (Å²) in [7, 11) is 0. The van der Waals surface area contributed by atoms with Crippen molar-refractivity contribution in [1.82, 2.24) is 0 Å². The fourth-order valence-corrected chi connectivity index (χ4v) is 2.56. The lowest BCUT2D eigenvalue weighted by atomic mass is 10.0. The first-order valence-corrected chi connectivity index (χ1v) is 8.15. The van der Waals surface area contributed by atoms with Gasteiger partial charge >= 0.3 is 0 Å². The second-order valence-corrected chi connectivity index (χ2v) is 5.62. The van der Waals surface area contributed by atoms with Gasteiger partial charge in [-0.15, -0.1) is 0 Å². The van der Waals surface area contributed by atoms with E-state index >= 15 is 0 Å². The third-order valence-corrected chi connectivity index (χ3v) is 3.76. The Kier molecular flexibility index (Phi) is 6.27. The van der Waals surface area contributed by atoms with Gasteiger partial charge in [-0.05, 0) is 47.9 Å². The molecule has 0 aliphatic carbocycles. The third-order valence-electron chi connectivity index (χ3n) is 3.76. The molecule has 0 nitrogen and oxygen atoms in total. The average Bonchev–Trinajstić information content (AvgIpc) is 2.53. The summed E-state index contributed by atoms with van der Waals surface area (Å²) in [4.78, 5) is 0. The van der Waals surface area contributed by atoms with Crippen molar-refractivity contribution < 1.29 is 0 Å². The van der Waals surface area contributed by atoms with E-state index in [0.717, 1.165) is 19.3 Å². The van der Waals surface area contributed by atoms with E-state index < -0.39 is 0 Å². The number of allylic oxidation sites excluding steroid dienone is 1. The van der Waals surface area contributed by atoms with Crippen LogP contribution in [0.4, 0.5) is 0 Å². The Morgan fingerprint density at radius 1 is 0.762 bits per heavy atom. The minimum atomic E-state index is 1.09. The predicted octanol–water partition coefficient (Wildman–Crippen LogP) is 5.85. The van der Waals surface area contributed by atoms with Crippen molar-refractivity contribution in [2.24, 2.45) is 0 Å². The molecule has 0 N–H and O–H groups in total. The minimum Gasteiger partial charge on any atom is -0.0842 e. The highest BCUT2D eigenvalue weighted by Crippen LogP contribution is 2.13. The van der Waals surface area contributed by atoms with Gasteiger partial charge in [0.2, 0.25) is 0 Å². The Balaban J connectivity index is 1.94. The summed E-state index contributed by atoms with van der Waals surface area (Å²) in [5.41, 5.74) is 5.62. The van der Waals surface area contributed by atoms with E-state index in [0.29, 0.717) is 0 Å². The Morgan fingerprint density at radius 2 is 1.43 bits per heavy atom. The predicted molar refractivity (Wildman–Crippen MR) is 93.6 cm³/mol. The van der Waals surface area contributed by atoms with Gasteiger partial charge in [-0.3, -0.25) is 0 Å². The molecule has 0 heterocycles. The van der Waals surface area contributed by atoms with E-state index in [1.807, 2.05) is 0 Å². The van der Waals surface area contributed by atoms with Crippen molar-refractivity contribution in [1.29, 1.82) is 0 Å². The lowest BCUT2D eigenvalue weighted by molar-refractivity contribution is 0.914. The van der Waals surface area contributed by atoms with Crippen LogP contribution >= 0.6 is 0 Å². The average molecular weight is 278 g/mol. The largest absolute Gasteiger partial charge is 0.0842 e. The van der Waals surface area contributed by atoms with Crippen molar-refractivity contribution in [3.8, 4) is 0 Å². The molecule has 0 aliphatic rings. The van der Waals surface area contributed by atoms with Crippen LogP contribution in [-0.2, 0) is 19.3 Å². The van der Waals surface area contributed by atoms with Crippen LogP contribution in [-0.4, -0.2) is 0 Å². The summed E-state index contributed by atoms with van der Waals surface area (Å²) >= 11 is 0. The molecule has 0 unspecified atom stereocenters. The normalized spacial score (nSPS) is 11.1. The third kappa shape index (κ3) is 5.23. The number of hydrogen-bond donors (Lipinski definition) is 0. The number of benzene rings is 2. The van der Waals surface area contributed by atoms with Crippen LogP contribution in [0.15, 0.2) is 54.6 Å². The van der Waals surface area contributed by atoms with E-state index in [9.17, 15) is 0 Å². The van der Waals surface area contributed by atoms with Gasteiger partial charge in [-0.25, -0.2) is 0 Å². The topological polar surface area (TPSA) is 0 Å². The van der Waals surface area contributed by atoms with Crippen LogP contribution < -0.4 is 0 Å². The van der Waals surface area contributed by atoms with Crippen molar-refractivity contribution >= 4 is 6.08 Å². The lowest BCUT2D eigenvalue weighted by Gasteiger charge is -2.05. The van der Waals surface area contributed by atoms with Crippen molar-refractivity contribution in [2.45, 2.75) is 46.0 Å². The molecule has 0 saturated carbocycles. The van der Waals surface area contributed by atoms with Crippen molar-refractivity contribution in [2.75, 3.05) is 0 Å². The van der Waals surface area contributed by atoms with Gasteiger partial charge in [0.25, 0.3) is 0 Å². The van der Waals surface area contributed by atoms with Crippen LogP contribution in [0.2, 0.25) is 0 Å². The van der Waals surface area contributed by atoms with Gasteiger partial charge in [-0.2, -0.15) is 0 Å². The maximum absolute atomic E-state index is 2.30. The van der Waals surface area contributed by atoms with E-state index in [1.165, 1.54) is 35.1 Å². The Bertz CT molecular complexity index is 561. The quantitative estimate of drug-likeness (QED) is 0.596. The van der Waals surface area contributed by atoms with E-state index in [-0.39, 0.29) is 0 Å². The van der Waals surface area contributed by atoms with Gasteiger partial charge < -0.3 is 0 Å². The zero-order valence-corrected chi connectivity index (χ0v) is 13.3. The first-order valence-electron chi connectivity index (χ1n) is 8.15. The smallest absolute Gasteiger partial charge is 0.0238 e. The number of hydrogen-bond acceptors (Lipinski definition) is 0. The molecule has 0 bridgehead atoms. The van der Waals surface area contributed by atoms with E-state index in [4.69, 9.17) is 0 Å². The summed E-state index contributed by atoms with van der Waals surface area (Å²) in [6.45, 7) is 4.40. The molecule has 0 saturated heterocycles. The molecule has 110 valence electrons. The molecule has 0 radical (unpaired) electrons. The minimum absolute atomic E-state index is 1.09. The van der Waals surface area contributed by atoms with Crippen LogP contribution in [0.1, 0.15) is 48.9 Å². The first kappa shape index (κ1) is 15.6. The molecule has 0 spiro atoms. The highest BCUT2D eigenvalue weighted by Gasteiger charge is 1.98. The van der Waals surface area contributed by atoms with Gasteiger partial charge in [0.05, 0.1) is 0 Å². The van der Waals surface area contributed by atoms with Gasteiger partial charge in [-0.1, -0.05) is 81.0 Å². The van der Waals surface area contributed by atoms with Crippen molar-refractivity contribution in [3.63, 3.8) is 0 Å². The number of rotatable bonds is 7. The summed E-state index contributed by atoms with van der Waals surface area (Å²) < 4.78 is 0. The van der Waals surface area contributed by atoms with Gasteiger partial charge in [0.15, 0.2) is 0 Å². The molecule has 2 aromatic carbocycles. The van der Waals surface area contributed by atoms with Crippen LogP contribution in [0.25, 0.3) is 6.08 Å². The molecule has 21 heavy (non-hydrogen) atoms. The monoisotopic (exact) mass is 278 g/mol. The molecule has 2 rings (SSSR count). The molecule has 0 heteroatoms. The molecular weight excluding hydrogens is 252 g/mol. The summed E-state index contributed by atoms with van der Waals surface area (Å²) in [5, 5.41) is 0. The molecule has 0 aliphatic heterocycles. The second kappa shape index (κ2) is 8.46. The maximum Gasteiger partial charge on any atom is -0.0238 e. The highest BCUT2D eigenvalue weighted by atomic mass is 14.0. The second-order valence-electron chi connectivity index (χ2n) is 5.62. The fraction of sp³-hybridized carbons (Fsp3) is 0.333. The fourth-order valence-electron chi connectivity index (χ4n) is 2.56. The lowest BCUT2D eigenvalue weighted by Crippen LogP contribution is -1.92. The zero-order chi connectivity index (χ0) is 14.9. The number of aryl methyl sites for hydroxylation is 3. The zero-order valence-electron chi connectivity index (χ0n) is 13.3. The summed E-state index contributed by atoms with van der Waals surface area (Å²) in [5.74, 6) is 0. The molecule has 0 aromatic heterocycles. The Labute approximate surface area is 129 Å². The van der Waals surface area contributed by atoms with Crippen LogP contribution in [0.5, 0.6) is 0 Å². The molecule has 2 aromatic rings. The molecule has 0 atom stereocenters. The summed E-state index contributed by atoms with van der Waals surface area (Å²) in [6, 6.07) is 18.0. The molecular formula is C21H26. The van der Waals surface area contributed by atoms with E-state index in [1.54, 1.807) is 0 Å². The van der Waals surface area contributed by atoms with Crippen molar-refractivity contribution in [3.05, 3.63) is 76.9 Å². The van der Waals surface area contributed by atoms with Gasteiger partial charge in [0.1, 0.15) is 0 Å². The molecule has 0 fully saturated rings. The summed E-state index contributed by atoms with van der Waals surface area (Å²) in [6.07, 6.45) is 10.2. The van der Waals surface area contributed by atoms with Crippen LogP contribution in [0.3, 0.4) is 0 Å². The first-order chi connectivity index (χ1) is 10.3. The van der Waals surface area contributed by atoms with E-state index in [2.05, 4.69) is 74.5 Å². The maximum atomic E-state index is 2.30. The Hall–Kier alpha value is -1.82. The Morgan fingerprint density at radius 3 is 2.10 bits per heavy atom.